The maximum Gasteiger partial charge on any atom is 0.224 e. The highest BCUT2D eigenvalue weighted by Gasteiger charge is 2.06. The highest BCUT2D eigenvalue weighted by molar-refractivity contribution is 6.28. The molecule has 18 heavy (non-hydrogen) atoms. The predicted molar refractivity (Wildman–Crippen MR) is 65.1 cm³/mol. The normalized spacial score (nSPS) is 10.4. The summed E-state index contributed by atoms with van der Waals surface area (Å²) in [6, 6.07) is 3.21. The quantitative estimate of drug-likeness (QED) is 0.842. The van der Waals surface area contributed by atoms with Gasteiger partial charge in [0, 0.05) is 12.1 Å². The Bertz CT molecular complexity index is 525. The van der Waals surface area contributed by atoms with Crippen molar-refractivity contribution in [2.24, 2.45) is 0 Å². The lowest BCUT2D eigenvalue weighted by Crippen LogP contribution is -2.07. The fourth-order valence-corrected chi connectivity index (χ4v) is 1.50. The molecule has 2 rings (SSSR count). The third kappa shape index (κ3) is 2.84. The van der Waals surface area contributed by atoms with Crippen molar-refractivity contribution in [2.45, 2.75) is 6.54 Å². The lowest BCUT2D eigenvalue weighted by molar-refractivity contribution is 0.587. The molecule has 0 aliphatic rings. The minimum absolute atomic E-state index is 0.0198. The number of nitrogens with two attached hydrogens (primary N) is 1. The SMILES string of the molecule is Nc1cnc(Cl)nc1NCc1cc(F)ccc1F. The molecule has 0 bridgehead atoms. The van der Waals surface area contributed by atoms with Gasteiger partial charge in [0.1, 0.15) is 11.6 Å². The van der Waals surface area contributed by atoms with Gasteiger partial charge in [-0.05, 0) is 29.8 Å². The second-order valence-corrected chi connectivity index (χ2v) is 3.87. The molecule has 0 saturated heterocycles. The number of rotatable bonds is 3. The average molecular weight is 271 g/mol. The molecule has 0 unspecified atom stereocenters. The number of nitrogens with one attached hydrogen (secondary N) is 1. The predicted octanol–water partition coefficient (Wildman–Crippen LogP) is 2.60. The highest BCUT2D eigenvalue weighted by atomic mass is 35.5. The van der Waals surface area contributed by atoms with Crippen LogP contribution in [-0.2, 0) is 6.54 Å². The maximum atomic E-state index is 13.4. The van der Waals surface area contributed by atoms with E-state index in [9.17, 15) is 8.78 Å². The van der Waals surface area contributed by atoms with Gasteiger partial charge in [-0.15, -0.1) is 0 Å². The molecule has 0 spiro atoms. The van der Waals surface area contributed by atoms with E-state index in [1.54, 1.807) is 0 Å². The first-order valence-electron chi connectivity index (χ1n) is 5.02. The number of anilines is 2. The van der Waals surface area contributed by atoms with Crippen LogP contribution < -0.4 is 11.1 Å². The molecule has 4 nitrogen and oxygen atoms in total. The van der Waals surface area contributed by atoms with Crippen LogP contribution in [0.5, 0.6) is 0 Å². The van der Waals surface area contributed by atoms with Crippen LogP contribution in [0.2, 0.25) is 5.28 Å². The van der Waals surface area contributed by atoms with E-state index in [1.165, 1.54) is 6.20 Å². The zero-order valence-corrected chi connectivity index (χ0v) is 9.88. The minimum atomic E-state index is -0.512. The van der Waals surface area contributed by atoms with Crippen LogP contribution in [0.15, 0.2) is 24.4 Å². The Morgan fingerprint density at radius 3 is 2.89 bits per heavy atom. The van der Waals surface area contributed by atoms with Gasteiger partial charge < -0.3 is 11.1 Å². The van der Waals surface area contributed by atoms with Gasteiger partial charge in [0.05, 0.1) is 11.9 Å². The summed E-state index contributed by atoms with van der Waals surface area (Å²) in [6.45, 7) is 0.0428. The number of hydrogen-bond donors (Lipinski definition) is 2. The van der Waals surface area contributed by atoms with E-state index in [0.717, 1.165) is 18.2 Å². The number of nitrogens with zero attached hydrogens (tertiary/aromatic N) is 2. The lowest BCUT2D eigenvalue weighted by atomic mass is 10.2. The Balaban J connectivity index is 2.16. The number of aromatic nitrogens is 2. The van der Waals surface area contributed by atoms with Crippen molar-refractivity contribution in [3.05, 3.63) is 46.9 Å². The number of benzene rings is 1. The van der Waals surface area contributed by atoms with Gasteiger partial charge in [-0.25, -0.2) is 13.8 Å². The fraction of sp³-hybridized carbons (Fsp3) is 0.0909. The van der Waals surface area contributed by atoms with E-state index in [0.29, 0.717) is 0 Å². The summed E-state index contributed by atoms with van der Waals surface area (Å²) < 4.78 is 26.3. The number of hydrogen-bond acceptors (Lipinski definition) is 4. The molecular weight excluding hydrogens is 262 g/mol. The van der Waals surface area contributed by atoms with Crippen molar-refractivity contribution in [3.63, 3.8) is 0 Å². The van der Waals surface area contributed by atoms with Crippen molar-refractivity contribution < 1.29 is 8.78 Å². The van der Waals surface area contributed by atoms with Crippen LogP contribution in [0.1, 0.15) is 5.56 Å². The van der Waals surface area contributed by atoms with Crippen LogP contribution in [0.3, 0.4) is 0 Å². The molecule has 7 heteroatoms. The van der Waals surface area contributed by atoms with Gasteiger partial charge in [0.25, 0.3) is 0 Å². The van der Waals surface area contributed by atoms with Gasteiger partial charge in [-0.2, -0.15) is 4.98 Å². The fourth-order valence-electron chi connectivity index (χ4n) is 1.37. The molecule has 1 heterocycles. The van der Waals surface area contributed by atoms with Gasteiger partial charge in [-0.3, -0.25) is 0 Å². The molecule has 1 aromatic carbocycles. The van der Waals surface area contributed by atoms with E-state index in [-0.39, 0.29) is 28.9 Å². The molecule has 0 atom stereocenters. The zero-order chi connectivity index (χ0) is 13.1. The Kier molecular flexibility index (Phi) is 3.57. The van der Waals surface area contributed by atoms with Gasteiger partial charge in [0.2, 0.25) is 5.28 Å². The summed E-state index contributed by atoms with van der Waals surface area (Å²) in [7, 11) is 0. The summed E-state index contributed by atoms with van der Waals surface area (Å²) in [5.74, 6) is -0.747. The Hall–Kier alpha value is -1.95. The van der Waals surface area contributed by atoms with Crippen LogP contribution in [0, 0.1) is 11.6 Å². The molecule has 0 aliphatic heterocycles. The monoisotopic (exact) mass is 270 g/mol. The summed E-state index contributed by atoms with van der Waals surface area (Å²) in [5, 5.41) is 2.79. The van der Waals surface area contributed by atoms with E-state index in [4.69, 9.17) is 17.3 Å². The van der Waals surface area contributed by atoms with Gasteiger partial charge >= 0.3 is 0 Å². The minimum Gasteiger partial charge on any atom is -0.394 e. The standard InChI is InChI=1S/C11H9ClF2N4/c12-11-17-5-9(15)10(18-11)16-4-6-3-7(13)1-2-8(6)14/h1-3,5H,4,15H2,(H,16,17,18). The van der Waals surface area contributed by atoms with E-state index >= 15 is 0 Å². The topological polar surface area (TPSA) is 63.8 Å². The van der Waals surface area contributed by atoms with Crippen LogP contribution in [0.4, 0.5) is 20.3 Å². The lowest BCUT2D eigenvalue weighted by Gasteiger charge is -2.08. The zero-order valence-electron chi connectivity index (χ0n) is 9.12. The van der Waals surface area contributed by atoms with Crippen molar-refractivity contribution in [2.75, 3.05) is 11.1 Å². The first-order chi connectivity index (χ1) is 8.56. The summed E-state index contributed by atoms with van der Waals surface area (Å²) in [6.07, 6.45) is 1.33. The Labute approximate surface area is 107 Å². The van der Waals surface area contributed by atoms with E-state index in [1.807, 2.05) is 0 Å². The molecule has 0 fully saturated rings. The molecule has 1 aromatic heterocycles. The summed E-state index contributed by atoms with van der Waals surface area (Å²) >= 11 is 5.60. The van der Waals surface area contributed by atoms with Crippen molar-refractivity contribution in [1.29, 1.82) is 0 Å². The second-order valence-electron chi connectivity index (χ2n) is 3.53. The molecular formula is C11H9ClF2N4. The number of nitrogen functional groups attached to an aromatic ring is 1. The summed E-state index contributed by atoms with van der Waals surface area (Å²) in [5.41, 5.74) is 6.05. The number of halogens is 3. The van der Waals surface area contributed by atoms with Crippen molar-refractivity contribution in [3.8, 4) is 0 Å². The molecule has 0 saturated carbocycles. The highest BCUT2D eigenvalue weighted by Crippen LogP contribution is 2.18. The molecule has 2 aromatic rings. The maximum absolute atomic E-state index is 13.4. The molecule has 0 aliphatic carbocycles. The molecule has 94 valence electrons. The summed E-state index contributed by atoms with van der Waals surface area (Å²) in [4.78, 5) is 7.52. The third-order valence-electron chi connectivity index (χ3n) is 2.24. The van der Waals surface area contributed by atoms with Crippen LogP contribution in [0.25, 0.3) is 0 Å². The average Bonchev–Trinajstić information content (AvgIpc) is 2.34. The second kappa shape index (κ2) is 5.14. The van der Waals surface area contributed by atoms with Crippen molar-refractivity contribution >= 4 is 23.1 Å². The molecule has 0 amide bonds. The van der Waals surface area contributed by atoms with Crippen LogP contribution in [-0.4, -0.2) is 9.97 Å². The van der Waals surface area contributed by atoms with Crippen LogP contribution >= 0.6 is 11.6 Å². The molecule has 0 radical (unpaired) electrons. The smallest absolute Gasteiger partial charge is 0.224 e. The van der Waals surface area contributed by atoms with Crippen molar-refractivity contribution in [1.82, 2.24) is 9.97 Å². The first kappa shape index (κ1) is 12.5. The van der Waals surface area contributed by atoms with Gasteiger partial charge in [0.15, 0.2) is 5.82 Å². The molecule has 3 N–H and O–H groups in total. The third-order valence-corrected chi connectivity index (χ3v) is 2.42. The Morgan fingerprint density at radius 1 is 1.33 bits per heavy atom. The van der Waals surface area contributed by atoms with E-state index < -0.39 is 11.6 Å². The largest absolute Gasteiger partial charge is 0.394 e. The van der Waals surface area contributed by atoms with E-state index in [2.05, 4.69) is 15.3 Å². The Morgan fingerprint density at radius 2 is 2.11 bits per heavy atom. The van der Waals surface area contributed by atoms with Gasteiger partial charge in [-0.1, -0.05) is 0 Å². The first-order valence-corrected chi connectivity index (χ1v) is 5.40.